The Balaban J connectivity index is 1.71. The van der Waals surface area contributed by atoms with E-state index in [1.807, 2.05) is 12.1 Å². The molecule has 1 aliphatic rings. The number of nitrogens with one attached hydrogen (secondary N) is 2. The second-order valence-electron chi connectivity index (χ2n) is 6.42. The van der Waals surface area contributed by atoms with Gasteiger partial charge in [0.2, 0.25) is 5.91 Å². The van der Waals surface area contributed by atoms with Crippen LogP contribution in [0.1, 0.15) is 26.7 Å². The third-order valence-corrected chi connectivity index (χ3v) is 4.47. The number of hydrogen-bond donors (Lipinski definition) is 2. The number of aromatic nitrogens is 1. The van der Waals surface area contributed by atoms with Gasteiger partial charge in [-0.2, -0.15) is 0 Å². The normalized spacial score (nSPS) is 20.3. The molecule has 0 spiro atoms. The average Bonchev–Trinajstić information content (AvgIpc) is 3.26. The number of hydrogen-bond acceptors (Lipinski definition) is 5. The summed E-state index contributed by atoms with van der Waals surface area (Å²) in [6.45, 7) is 4.34. The number of oxazole rings is 1. The van der Waals surface area contributed by atoms with Gasteiger partial charge in [-0.05, 0) is 30.9 Å². The maximum absolute atomic E-state index is 12.5. The number of nitrogens with zero attached hydrogens (tertiary/aromatic N) is 1. The number of ether oxygens (including phenoxy) is 1. The quantitative estimate of drug-likeness (QED) is 0.881. The van der Waals surface area contributed by atoms with Crippen molar-refractivity contribution in [3.05, 3.63) is 30.8 Å². The summed E-state index contributed by atoms with van der Waals surface area (Å²) in [6, 6.07) is 5.76. The first-order chi connectivity index (χ1) is 11.6. The zero-order valence-corrected chi connectivity index (χ0v) is 14.2. The topological polar surface area (TPSA) is 76.4 Å². The van der Waals surface area contributed by atoms with Crippen molar-refractivity contribution in [1.29, 1.82) is 0 Å². The van der Waals surface area contributed by atoms with Crippen LogP contribution < -0.4 is 15.4 Å². The Morgan fingerprint density at radius 1 is 1.42 bits per heavy atom. The highest BCUT2D eigenvalue weighted by molar-refractivity contribution is 5.95. The van der Waals surface area contributed by atoms with Gasteiger partial charge in [0.05, 0.1) is 24.9 Å². The molecule has 1 saturated heterocycles. The van der Waals surface area contributed by atoms with Crippen molar-refractivity contribution in [2.24, 2.45) is 5.92 Å². The van der Waals surface area contributed by atoms with Crippen molar-refractivity contribution in [1.82, 2.24) is 10.3 Å². The molecule has 0 radical (unpaired) electrons. The molecule has 2 atom stereocenters. The summed E-state index contributed by atoms with van der Waals surface area (Å²) >= 11 is 0. The minimum Gasteiger partial charge on any atom is -0.496 e. The third-order valence-electron chi connectivity index (χ3n) is 4.47. The molecule has 2 N–H and O–H groups in total. The summed E-state index contributed by atoms with van der Waals surface area (Å²) in [7, 11) is 1.59. The maximum Gasteiger partial charge on any atom is 0.241 e. The van der Waals surface area contributed by atoms with Crippen LogP contribution in [0.5, 0.6) is 5.75 Å². The van der Waals surface area contributed by atoms with Crippen molar-refractivity contribution in [2.45, 2.75) is 38.8 Å². The van der Waals surface area contributed by atoms with Gasteiger partial charge in [-0.1, -0.05) is 13.8 Å². The molecule has 0 bridgehead atoms. The summed E-state index contributed by atoms with van der Waals surface area (Å²) in [5.74, 6) is 1.78. The highest BCUT2D eigenvalue weighted by atomic mass is 16.5. The fraction of sp³-hybridized carbons (Fsp3) is 0.444. The molecule has 1 aromatic heterocycles. The minimum atomic E-state index is -0.141. The van der Waals surface area contributed by atoms with Crippen LogP contribution in [0.15, 0.2) is 35.2 Å². The summed E-state index contributed by atoms with van der Waals surface area (Å²) in [6.07, 6.45) is 4.90. The van der Waals surface area contributed by atoms with Gasteiger partial charge in [0.1, 0.15) is 5.75 Å². The van der Waals surface area contributed by atoms with Gasteiger partial charge in [0.25, 0.3) is 0 Å². The summed E-state index contributed by atoms with van der Waals surface area (Å²) in [5, 5.41) is 6.37. The lowest BCUT2D eigenvalue weighted by Gasteiger charge is -2.17. The molecule has 3 rings (SSSR count). The van der Waals surface area contributed by atoms with Crippen molar-refractivity contribution in [3.63, 3.8) is 0 Å². The predicted molar refractivity (Wildman–Crippen MR) is 91.9 cm³/mol. The van der Waals surface area contributed by atoms with Crippen molar-refractivity contribution in [2.75, 3.05) is 12.4 Å². The predicted octanol–water partition coefficient (Wildman–Crippen LogP) is 3.07. The monoisotopic (exact) mass is 329 g/mol. The molecule has 6 heteroatoms. The fourth-order valence-corrected chi connectivity index (χ4v) is 3.05. The van der Waals surface area contributed by atoms with Gasteiger partial charge in [-0.15, -0.1) is 0 Å². The first-order valence-electron chi connectivity index (χ1n) is 8.22. The number of carbonyl (C=O) groups excluding carboxylic acids is 1. The van der Waals surface area contributed by atoms with Crippen LogP contribution in [-0.4, -0.2) is 30.1 Å². The summed E-state index contributed by atoms with van der Waals surface area (Å²) in [4.78, 5) is 16.4. The van der Waals surface area contributed by atoms with Crippen LogP contribution in [0.4, 0.5) is 5.69 Å². The molecule has 2 aromatic rings. The van der Waals surface area contributed by atoms with Gasteiger partial charge in [-0.25, -0.2) is 4.98 Å². The van der Waals surface area contributed by atoms with E-state index in [-0.39, 0.29) is 11.9 Å². The number of benzene rings is 1. The number of amides is 1. The van der Waals surface area contributed by atoms with E-state index in [1.54, 1.807) is 19.4 Å². The minimum absolute atomic E-state index is 0.00683. The Hall–Kier alpha value is -2.34. The van der Waals surface area contributed by atoms with Gasteiger partial charge < -0.3 is 19.8 Å². The fourth-order valence-electron chi connectivity index (χ4n) is 3.05. The Morgan fingerprint density at radius 2 is 2.25 bits per heavy atom. The molecule has 1 aliphatic heterocycles. The van der Waals surface area contributed by atoms with Crippen molar-refractivity contribution in [3.8, 4) is 17.1 Å². The van der Waals surface area contributed by atoms with E-state index in [0.29, 0.717) is 29.2 Å². The standard InChI is InChI=1S/C18H23N3O3/c1-11(2)14-6-7-15(21-14)18(22)20-12-4-5-13(16(8-12)23-3)17-9-19-10-24-17/h4-5,8-11,14-15,21H,6-7H2,1-3H3,(H,20,22). The molecule has 6 nitrogen and oxygen atoms in total. The van der Waals surface area contributed by atoms with E-state index in [1.165, 1.54) is 6.39 Å². The van der Waals surface area contributed by atoms with Crippen LogP contribution in [0.2, 0.25) is 0 Å². The molecule has 0 aliphatic carbocycles. The smallest absolute Gasteiger partial charge is 0.241 e. The molecule has 128 valence electrons. The molecule has 2 heterocycles. The van der Waals surface area contributed by atoms with E-state index in [2.05, 4.69) is 29.5 Å². The van der Waals surface area contributed by atoms with Crippen molar-refractivity contribution >= 4 is 11.6 Å². The Kier molecular flexibility index (Phi) is 4.85. The van der Waals surface area contributed by atoms with Gasteiger partial charge in [0, 0.05) is 17.8 Å². The van der Waals surface area contributed by atoms with Crippen LogP contribution >= 0.6 is 0 Å². The second-order valence-corrected chi connectivity index (χ2v) is 6.42. The lowest BCUT2D eigenvalue weighted by atomic mass is 10.0. The molecule has 24 heavy (non-hydrogen) atoms. The first-order valence-corrected chi connectivity index (χ1v) is 8.22. The number of anilines is 1. The zero-order chi connectivity index (χ0) is 17.1. The largest absolute Gasteiger partial charge is 0.496 e. The van der Waals surface area contributed by atoms with E-state index in [9.17, 15) is 4.79 Å². The van der Waals surface area contributed by atoms with Crippen LogP contribution in [0.25, 0.3) is 11.3 Å². The van der Waals surface area contributed by atoms with Gasteiger partial charge >= 0.3 is 0 Å². The lowest BCUT2D eigenvalue weighted by Crippen LogP contribution is -2.40. The highest BCUT2D eigenvalue weighted by Crippen LogP contribution is 2.32. The number of rotatable bonds is 5. The lowest BCUT2D eigenvalue weighted by molar-refractivity contribution is -0.117. The SMILES string of the molecule is COc1cc(NC(=O)C2CCC(C(C)C)N2)ccc1-c1cnco1. The maximum atomic E-state index is 12.5. The second kappa shape index (κ2) is 7.05. The molecule has 2 unspecified atom stereocenters. The van der Waals surface area contributed by atoms with Crippen LogP contribution in [0, 0.1) is 5.92 Å². The van der Waals surface area contributed by atoms with E-state index in [0.717, 1.165) is 18.4 Å². The number of methoxy groups -OCH3 is 1. The molecule has 1 fully saturated rings. The number of carbonyl (C=O) groups is 1. The Labute approximate surface area is 141 Å². The first kappa shape index (κ1) is 16.5. The van der Waals surface area contributed by atoms with E-state index in [4.69, 9.17) is 9.15 Å². The van der Waals surface area contributed by atoms with Crippen molar-refractivity contribution < 1.29 is 13.9 Å². The molecular weight excluding hydrogens is 306 g/mol. The Bertz CT molecular complexity index is 698. The van der Waals surface area contributed by atoms with Gasteiger partial charge in [0.15, 0.2) is 12.2 Å². The van der Waals surface area contributed by atoms with E-state index >= 15 is 0 Å². The van der Waals surface area contributed by atoms with E-state index < -0.39 is 0 Å². The highest BCUT2D eigenvalue weighted by Gasteiger charge is 2.30. The van der Waals surface area contributed by atoms with Gasteiger partial charge in [-0.3, -0.25) is 4.79 Å². The summed E-state index contributed by atoms with van der Waals surface area (Å²) in [5.41, 5.74) is 1.50. The Morgan fingerprint density at radius 3 is 2.88 bits per heavy atom. The zero-order valence-electron chi connectivity index (χ0n) is 14.2. The molecule has 1 amide bonds. The molecule has 0 saturated carbocycles. The molecular formula is C18H23N3O3. The average molecular weight is 329 g/mol. The van der Waals surface area contributed by atoms with Crippen LogP contribution in [-0.2, 0) is 4.79 Å². The summed E-state index contributed by atoms with van der Waals surface area (Å²) < 4.78 is 10.7. The third kappa shape index (κ3) is 3.43. The molecule has 1 aromatic carbocycles. The van der Waals surface area contributed by atoms with Crippen LogP contribution in [0.3, 0.4) is 0 Å².